The van der Waals surface area contributed by atoms with Gasteiger partial charge in [0.05, 0.1) is 26.4 Å². The van der Waals surface area contributed by atoms with Crippen molar-refractivity contribution in [2.45, 2.75) is 38.6 Å². The van der Waals surface area contributed by atoms with Crippen LogP contribution in [0.1, 0.15) is 31.7 Å². The van der Waals surface area contributed by atoms with Gasteiger partial charge >= 0.3 is 7.12 Å². The van der Waals surface area contributed by atoms with Crippen molar-refractivity contribution in [2.24, 2.45) is 0 Å². The third kappa shape index (κ3) is 6.71. The minimum absolute atomic E-state index is 0.160. The summed E-state index contributed by atoms with van der Waals surface area (Å²) >= 11 is 0. The summed E-state index contributed by atoms with van der Waals surface area (Å²) in [7, 11) is 0.514. The Morgan fingerprint density at radius 1 is 1.07 bits per heavy atom. The first-order valence-corrected chi connectivity index (χ1v) is 9.83. The first kappa shape index (κ1) is 23.2. The third-order valence-electron chi connectivity index (χ3n) is 4.54. The Labute approximate surface area is 172 Å². The van der Waals surface area contributed by atoms with Gasteiger partial charge in [-0.1, -0.05) is 13.0 Å². The summed E-state index contributed by atoms with van der Waals surface area (Å²) in [5, 5.41) is 28.9. The first-order valence-electron chi connectivity index (χ1n) is 9.83. The van der Waals surface area contributed by atoms with Gasteiger partial charge in [0.15, 0.2) is 11.5 Å². The van der Waals surface area contributed by atoms with E-state index in [1.54, 1.807) is 26.4 Å². The van der Waals surface area contributed by atoms with Crippen LogP contribution in [0.25, 0.3) is 11.1 Å². The molecule has 158 valence electrons. The van der Waals surface area contributed by atoms with Crippen LogP contribution in [0, 0.1) is 0 Å². The molecule has 1 unspecified atom stereocenters. The molecular weight excluding hydrogens is 373 g/mol. The smallest absolute Gasteiger partial charge is 0.455 e. The molecule has 2 atom stereocenters. The molecule has 0 aliphatic heterocycles. The second-order valence-electron chi connectivity index (χ2n) is 6.92. The fourth-order valence-electron chi connectivity index (χ4n) is 2.95. The van der Waals surface area contributed by atoms with Crippen molar-refractivity contribution >= 4 is 7.12 Å². The molecule has 2 aromatic rings. The van der Waals surface area contributed by atoms with Gasteiger partial charge in [-0.3, -0.25) is 4.98 Å². The summed E-state index contributed by atoms with van der Waals surface area (Å²) in [5.74, 6) is 0.980. The van der Waals surface area contributed by atoms with Crippen LogP contribution in [-0.2, 0) is 4.65 Å². The van der Waals surface area contributed by atoms with Crippen molar-refractivity contribution in [3.05, 3.63) is 42.2 Å². The quantitative estimate of drug-likeness (QED) is 0.468. The van der Waals surface area contributed by atoms with Crippen LogP contribution in [0.2, 0.25) is 6.32 Å². The van der Waals surface area contributed by atoms with Gasteiger partial charge in [0.2, 0.25) is 0 Å². The number of nitrogens with zero attached hydrogens (tertiary/aromatic N) is 1. The predicted octanol–water partition coefficient (Wildman–Crippen LogP) is 2.50. The van der Waals surface area contributed by atoms with Crippen molar-refractivity contribution in [3.8, 4) is 22.6 Å². The second-order valence-corrected chi connectivity index (χ2v) is 6.92. The first-order chi connectivity index (χ1) is 14.0. The summed E-state index contributed by atoms with van der Waals surface area (Å²) in [6.07, 6.45) is 4.02. The van der Waals surface area contributed by atoms with E-state index in [1.807, 2.05) is 31.2 Å². The number of aliphatic hydroxyl groups excluding tert-OH is 2. The molecule has 2 rings (SSSR count). The van der Waals surface area contributed by atoms with Crippen LogP contribution in [-0.4, -0.2) is 60.4 Å². The lowest BCUT2D eigenvalue weighted by Gasteiger charge is -2.19. The Hall–Kier alpha value is -2.13. The molecule has 1 aromatic heterocycles. The van der Waals surface area contributed by atoms with Gasteiger partial charge in [-0.05, 0) is 49.0 Å². The molecule has 0 aliphatic rings. The highest BCUT2D eigenvalue weighted by atomic mass is 16.5. The molecule has 8 heteroatoms. The van der Waals surface area contributed by atoms with Crippen LogP contribution in [0.5, 0.6) is 11.5 Å². The van der Waals surface area contributed by atoms with Gasteiger partial charge < -0.3 is 29.4 Å². The van der Waals surface area contributed by atoms with Gasteiger partial charge in [-0.25, -0.2) is 0 Å². The van der Waals surface area contributed by atoms with Gasteiger partial charge in [-0.2, -0.15) is 0 Å². The lowest BCUT2D eigenvalue weighted by Crippen LogP contribution is -2.28. The Morgan fingerprint density at radius 3 is 2.52 bits per heavy atom. The molecule has 0 amide bonds. The highest BCUT2D eigenvalue weighted by Gasteiger charge is 2.24. The highest BCUT2D eigenvalue weighted by molar-refractivity contribution is 6.43. The van der Waals surface area contributed by atoms with Gasteiger partial charge in [0.25, 0.3) is 0 Å². The van der Waals surface area contributed by atoms with Gasteiger partial charge in [-0.15, -0.1) is 0 Å². The summed E-state index contributed by atoms with van der Waals surface area (Å²) in [6, 6.07) is 7.61. The number of rotatable bonds is 12. The van der Waals surface area contributed by atoms with E-state index in [9.17, 15) is 10.1 Å². The fourth-order valence-corrected chi connectivity index (χ4v) is 2.95. The number of aromatic nitrogens is 1. The van der Waals surface area contributed by atoms with Crippen molar-refractivity contribution in [2.75, 3.05) is 26.9 Å². The largest absolute Gasteiger partial charge is 0.493 e. The molecule has 1 heterocycles. The Bertz CT molecular complexity index is 760. The molecule has 1 aromatic carbocycles. The number of pyridine rings is 1. The average Bonchev–Trinajstić information content (AvgIpc) is 2.75. The minimum atomic E-state index is -1.09. The maximum absolute atomic E-state index is 10.1. The van der Waals surface area contributed by atoms with E-state index >= 15 is 0 Å². The molecule has 0 spiro atoms. The van der Waals surface area contributed by atoms with Crippen molar-refractivity contribution in [3.63, 3.8) is 0 Å². The van der Waals surface area contributed by atoms with E-state index in [-0.39, 0.29) is 25.5 Å². The molecule has 0 fully saturated rings. The van der Waals surface area contributed by atoms with E-state index in [0.29, 0.717) is 18.1 Å². The van der Waals surface area contributed by atoms with Crippen LogP contribution in [0.4, 0.5) is 0 Å². The predicted molar refractivity (Wildman–Crippen MR) is 112 cm³/mol. The highest BCUT2D eigenvalue weighted by Crippen LogP contribution is 2.33. The van der Waals surface area contributed by atoms with E-state index < -0.39 is 13.2 Å². The summed E-state index contributed by atoms with van der Waals surface area (Å²) in [4.78, 5) is 4.30. The standard InChI is InChI=1S/C21H30BNO6/c1-4-7-28-21-9-16(5-6-20(21)27-3)17-8-18(12-23-11-17)19(14-25)10-22(26)29-15(2)13-24/h5-6,8-9,11-12,15,19,24-26H,4,7,10,13-14H2,1-3H3/t15?,19-/m0/s1. The summed E-state index contributed by atoms with van der Waals surface area (Å²) in [6.45, 7) is 3.96. The molecular formula is C21H30BNO6. The Kier molecular flexibility index (Phi) is 9.40. The molecule has 0 saturated heterocycles. The molecule has 0 aliphatic carbocycles. The monoisotopic (exact) mass is 403 g/mol. The molecule has 7 nitrogen and oxygen atoms in total. The van der Waals surface area contributed by atoms with Crippen molar-refractivity contribution < 1.29 is 29.4 Å². The maximum atomic E-state index is 10.1. The van der Waals surface area contributed by atoms with Crippen LogP contribution in [0.15, 0.2) is 36.7 Å². The van der Waals surface area contributed by atoms with E-state index in [0.717, 1.165) is 23.1 Å². The van der Waals surface area contributed by atoms with Crippen molar-refractivity contribution in [1.29, 1.82) is 0 Å². The second kappa shape index (κ2) is 11.8. The van der Waals surface area contributed by atoms with E-state index in [4.69, 9.17) is 19.2 Å². The number of benzene rings is 1. The van der Waals surface area contributed by atoms with Crippen LogP contribution >= 0.6 is 0 Å². The Balaban J connectivity index is 2.23. The molecule has 0 saturated carbocycles. The van der Waals surface area contributed by atoms with Gasteiger partial charge in [0, 0.05) is 30.5 Å². The lowest BCUT2D eigenvalue weighted by atomic mass is 9.75. The molecule has 0 radical (unpaired) electrons. The topological polar surface area (TPSA) is 101 Å². The van der Waals surface area contributed by atoms with Gasteiger partial charge in [0.1, 0.15) is 0 Å². The van der Waals surface area contributed by atoms with Crippen LogP contribution in [0.3, 0.4) is 0 Å². The summed E-state index contributed by atoms with van der Waals surface area (Å²) < 4.78 is 16.4. The average molecular weight is 403 g/mol. The molecule has 0 bridgehead atoms. The number of aliphatic hydroxyl groups is 2. The zero-order valence-corrected chi connectivity index (χ0v) is 17.2. The van der Waals surface area contributed by atoms with E-state index in [2.05, 4.69) is 4.98 Å². The zero-order chi connectivity index (χ0) is 21.2. The van der Waals surface area contributed by atoms with Crippen molar-refractivity contribution in [1.82, 2.24) is 4.98 Å². The zero-order valence-electron chi connectivity index (χ0n) is 17.2. The maximum Gasteiger partial charge on any atom is 0.455 e. The summed E-state index contributed by atoms with van der Waals surface area (Å²) in [5.41, 5.74) is 2.56. The number of methoxy groups -OCH3 is 1. The number of ether oxygens (including phenoxy) is 2. The minimum Gasteiger partial charge on any atom is -0.493 e. The normalized spacial score (nSPS) is 13.0. The number of hydrogen-bond acceptors (Lipinski definition) is 7. The number of hydrogen-bond donors (Lipinski definition) is 3. The lowest BCUT2D eigenvalue weighted by molar-refractivity contribution is 0.107. The molecule has 29 heavy (non-hydrogen) atoms. The molecule has 3 N–H and O–H groups in total. The third-order valence-corrected chi connectivity index (χ3v) is 4.54. The fraction of sp³-hybridized carbons (Fsp3) is 0.476. The Morgan fingerprint density at radius 2 is 1.86 bits per heavy atom. The SMILES string of the molecule is CCCOc1cc(-c2cncc([C@H](CO)CB(O)OC(C)CO)c2)ccc1OC. The van der Waals surface area contributed by atoms with Crippen LogP contribution < -0.4 is 9.47 Å². The van der Waals surface area contributed by atoms with E-state index in [1.165, 1.54) is 0 Å².